The number of nitrogens with two attached hydrogens (primary N) is 1. The number of nitrogens with zero attached hydrogens (tertiary/aromatic N) is 4. The number of allylic oxidation sites excluding steroid dienone is 1. The van der Waals surface area contributed by atoms with E-state index in [1.54, 1.807) is 36.6 Å². The highest BCUT2D eigenvalue weighted by Gasteiger charge is 2.53. The summed E-state index contributed by atoms with van der Waals surface area (Å²) in [7, 11) is 0. The molecule has 0 radical (unpaired) electrons. The highest BCUT2D eigenvalue weighted by atomic mass is 32.1. The van der Waals surface area contributed by atoms with E-state index in [0.29, 0.717) is 4.88 Å². The molecule has 0 aliphatic carbocycles. The third kappa shape index (κ3) is 2.16. The van der Waals surface area contributed by atoms with Crippen molar-refractivity contribution in [2.75, 3.05) is 0 Å². The molecule has 1 aromatic rings. The monoisotopic (exact) mass is 311 g/mol. The van der Waals surface area contributed by atoms with Crippen molar-refractivity contribution < 1.29 is 9.57 Å². The Balaban J connectivity index is 2.80. The Morgan fingerprint density at radius 1 is 1.45 bits per heavy atom. The van der Waals surface area contributed by atoms with Crippen molar-refractivity contribution in [3.8, 4) is 18.2 Å². The van der Waals surface area contributed by atoms with Crippen LogP contribution >= 0.6 is 11.3 Å². The minimum absolute atomic E-state index is 0.0365. The van der Waals surface area contributed by atoms with Crippen LogP contribution in [0.5, 0.6) is 0 Å². The van der Waals surface area contributed by atoms with E-state index in [4.69, 9.17) is 15.3 Å². The van der Waals surface area contributed by atoms with Gasteiger partial charge < -0.3 is 15.3 Å². The van der Waals surface area contributed by atoms with Crippen molar-refractivity contribution in [2.24, 2.45) is 10.9 Å². The van der Waals surface area contributed by atoms with Crippen LogP contribution in [0.25, 0.3) is 0 Å². The second-order valence-electron chi connectivity index (χ2n) is 3.98. The van der Waals surface area contributed by atoms with Gasteiger partial charge in [-0.1, -0.05) is 11.2 Å². The molecule has 108 valence electrons. The molecule has 0 saturated heterocycles. The van der Waals surface area contributed by atoms with Gasteiger partial charge in [-0.3, -0.25) is 0 Å². The van der Waals surface area contributed by atoms with Crippen molar-refractivity contribution in [3.63, 3.8) is 0 Å². The van der Waals surface area contributed by atoms with Gasteiger partial charge in [-0.2, -0.15) is 15.8 Å². The summed E-state index contributed by atoms with van der Waals surface area (Å²) in [5.74, 6) is -1.93. The Kier molecular flexibility index (Phi) is 4.13. The van der Waals surface area contributed by atoms with Gasteiger partial charge in [0.1, 0.15) is 29.4 Å². The van der Waals surface area contributed by atoms with Crippen LogP contribution in [-0.4, -0.2) is 6.21 Å². The maximum Gasteiger partial charge on any atom is 0.342 e. The molecule has 2 rings (SSSR count). The minimum atomic E-state index is -1.71. The molecule has 8 heteroatoms. The van der Waals surface area contributed by atoms with E-state index in [1.807, 2.05) is 6.07 Å². The SMILES string of the molecule is CC=NOC1(c2cccs2)OC(N)=C(C#N)C1=C(C#N)C#N. The van der Waals surface area contributed by atoms with Crippen LogP contribution in [0.4, 0.5) is 0 Å². The second kappa shape index (κ2) is 6.01. The fourth-order valence-corrected chi connectivity index (χ4v) is 2.75. The predicted octanol–water partition coefficient (Wildman–Crippen LogP) is 1.99. The Labute approximate surface area is 130 Å². The summed E-state index contributed by atoms with van der Waals surface area (Å²) in [5.41, 5.74) is 5.26. The number of hydrogen-bond acceptors (Lipinski definition) is 8. The Bertz CT molecular complexity index is 786. The lowest BCUT2D eigenvalue weighted by atomic mass is 9.94. The van der Waals surface area contributed by atoms with Crippen LogP contribution in [-0.2, 0) is 15.4 Å². The molecule has 22 heavy (non-hydrogen) atoms. The number of thiophene rings is 1. The first-order chi connectivity index (χ1) is 10.6. The molecule has 0 bridgehead atoms. The molecule has 0 fully saturated rings. The van der Waals surface area contributed by atoms with Gasteiger partial charge in [0.05, 0.1) is 10.5 Å². The van der Waals surface area contributed by atoms with E-state index in [-0.39, 0.29) is 22.6 Å². The molecule has 1 aromatic heterocycles. The maximum atomic E-state index is 9.29. The first-order valence-electron chi connectivity index (χ1n) is 5.99. The van der Waals surface area contributed by atoms with E-state index in [1.165, 1.54) is 17.6 Å². The zero-order valence-corrected chi connectivity index (χ0v) is 12.2. The Morgan fingerprint density at radius 2 is 2.18 bits per heavy atom. The molecular formula is C14H9N5O2S. The van der Waals surface area contributed by atoms with E-state index in [9.17, 15) is 15.8 Å². The van der Waals surface area contributed by atoms with Crippen molar-refractivity contribution in [2.45, 2.75) is 12.7 Å². The highest BCUT2D eigenvalue weighted by molar-refractivity contribution is 7.10. The maximum absolute atomic E-state index is 9.29. The molecule has 7 nitrogen and oxygen atoms in total. The average molecular weight is 311 g/mol. The molecule has 1 unspecified atom stereocenters. The van der Waals surface area contributed by atoms with Gasteiger partial charge in [0.2, 0.25) is 5.88 Å². The van der Waals surface area contributed by atoms with Gasteiger partial charge in [0.15, 0.2) is 0 Å². The molecule has 2 heterocycles. The third-order valence-electron chi connectivity index (χ3n) is 2.80. The average Bonchev–Trinajstić information content (AvgIpc) is 3.14. The smallest absolute Gasteiger partial charge is 0.342 e. The number of rotatable bonds is 3. The van der Waals surface area contributed by atoms with E-state index < -0.39 is 5.79 Å². The largest absolute Gasteiger partial charge is 0.425 e. The van der Waals surface area contributed by atoms with Gasteiger partial charge in [-0.15, -0.1) is 11.3 Å². The highest BCUT2D eigenvalue weighted by Crippen LogP contribution is 2.48. The summed E-state index contributed by atoms with van der Waals surface area (Å²) in [6.07, 6.45) is 1.37. The van der Waals surface area contributed by atoms with Crippen LogP contribution in [0.3, 0.4) is 0 Å². The fraction of sp³-hybridized carbons (Fsp3) is 0.143. The van der Waals surface area contributed by atoms with Crippen LogP contribution in [0.2, 0.25) is 0 Å². The standard InChI is InChI=1S/C14H9N5O2S/c1-2-19-21-14(11-4-3-5-22-11)12(9(6-15)7-16)10(8-17)13(18)20-14/h2-5H,18H2,1H3. The van der Waals surface area contributed by atoms with Crippen molar-refractivity contribution >= 4 is 17.6 Å². The van der Waals surface area contributed by atoms with Crippen LogP contribution in [0.1, 0.15) is 11.8 Å². The van der Waals surface area contributed by atoms with E-state index in [0.717, 1.165) is 0 Å². The molecule has 0 spiro atoms. The quantitative estimate of drug-likeness (QED) is 0.516. The Hall–Kier alpha value is -3.28. The molecule has 1 aliphatic rings. The molecule has 0 saturated carbocycles. The van der Waals surface area contributed by atoms with E-state index in [2.05, 4.69) is 5.16 Å². The van der Waals surface area contributed by atoms with Gasteiger partial charge in [-0.05, 0) is 18.4 Å². The number of nitriles is 3. The first-order valence-corrected chi connectivity index (χ1v) is 6.86. The Morgan fingerprint density at radius 3 is 2.68 bits per heavy atom. The summed E-state index contributed by atoms with van der Waals surface area (Å²) in [4.78, 5) is 5.91. The predicted molar refractivity (Wildman–Crippen MR) is 77.4 cm³/mol. The zero-order chi connectivity index (χ0) is 16.2. The number of oxime groups is 1. The van der Waals surface area contributed by atoms with Crippen molar-refractivity contribution in [1.82, 2.24) is 0 Å². The summed E-state index contributed by atoms with van der Waals surface area (Å²) >= 11 is 1.26. The van der Waals surface area contributed by atoms with Gasteiger partial charge >= 0.3 is 5.79 Å². The second-order valence-corrected chi connectivity index (χ2v) is 4.92. The lowest BCUT2D eigenvalue weighted by Gasteiger charge is -2.26. The topological polar surface area (TPSA) is 128 Å². The van der Waals surface area contributed by atoms with Crippen molar-refractivity contribution in [3.05, 3.63) is 45.0 Å². The van der Waals surface area contributed by atoms with Crippen molar-refractivity contribution in [1.29, 1.82) is 15.8 Å². The summed E-state index contributed by atoms with van der Waals surface area (Å²) in [6.45, 7) is 1.62. The van der Waals surface area contributed by atoms with Crippen LogP contribution in [0.15, 0.2) is 45.3 Å². The van der Waals surface area contributed by atoms with Gasteiger partial charge in [0.25, 0.3) is 0 Å². The molecular weight excluding hydrogens is 302 g/mol. The molecule has 1 aliphatic heterocycles. The lowest BCUT2D eigenvalue weighted by Crippen LogP contribution is -2.30. The summed E-state index contributed by atoms with van der Waals surface area (Å²) in [6, 6.07) is 8.75. The lowest BCUT2D eigenvalue weighted by molar-refractivity contribution is -0.184. The first kappa shape index (κ1) is 15.1. The van der Waals surface area contributed by atoms with E-state index >= 15 is 0 Å². The number of hydrogen-bond donors (Lipinski definition) is 1. The molecule has 0 amide bonds. The molecule has 2 N–H and O–H groups in total. The normalized spacial score (nSPS) is 20.2. The minimum Gasteiger partial charge on any atom is -0.425 e. The van der Waals surface area contributed by atoms with Gasteiger partial charge in [0, 0.05) is 6.21 Å². The van der Waals surface area contributed by atoms with Crippen LogP contribution in [0, 0.1) is 34.0 Å². The fourth-order valence-electron chi connectivity index (χ4n) is 1.96. The zero-order valence-electron chi connectivity index (χ0n) is 11.4. The molecule has 0 aromatic carbocycles. The van der Waals surface area contributed by atoms with Crippen LogP contribution < -0.4 is 5.73 Å². The molecule has 1 atom stereocenters. The summed E-state index contributed by atoms with van der Waals surface area (Å²) < 4.78 is 5.55. The van der Waals surface area contributed by atoms with Gasteiger partial charge in [-0.25, -0.2) is 0 Å². The summed E-state index contributed by atoms with van der Waals surface area (Å²) in [5, 5.41) is 33.1. The number of ether oxygens (including phenoxy) is 1. The third-order valence-corrected chi connectivity index (χ3v) is 3.75.